The maximum atomic E-state index is 12.4. The summed E-state index contributed by atoms with van der Waals surface area (Å²) in [5, 5.41) is 1.07. The SMILES string of the molecule is CN(CC1CCN(c2nc(C3CC3)ns2)CC1)C(=O)c1cn(C)cn1. The van der Waals surface area contributed by atoms with Crippen LogP contribution in [0.3, 0.4) is 0 Å². The minimum atomic E-state index is 0.00114. The lowest BCUT2D eigenvalue weighted by atomic mass is 9.96. The fourth-order valence-electron chi connectivity index (χ4n) is 3.36. The molecule has 0 unspecified atom stereocenters. The van der Waals surface area contributed by atoms with Gasteiger partial charge in [0.15, 0.2) is 0 Å². The molecule has 0 atom stereocenters. The maximum Gasteiger partial charge on any atom is 0.273 e. The number of nitrogens with zero attached hydrogens (tertiary/aromatic N) is 6. The molecular weight excluding hydrogens is 336 g/mol. The second-order valence-corrected chi connectivity index (χ2v) is 7.98. The third-order valence-electron chi connectivity index (χ3n) is 5.06. The van der Waals surface area contributed by atoms with Gasteiger partial charge in [-0.1, -0.05) is 0 Å². The Morgan fingerprint density at radius 3 is 2.72 bits per heavy atom. The summed E-state index contributed by atoms with van der Waals surface area (Å²) in [6, 6.07) is 0. The van der Waals surface area contributed by atoms with Gasteiger partial charge in [0.05, 0.1) is 6.33 Å². The highest BCUT2D eigenvalue weighted by Crippen LogP contribution is 2.40. The van der Waals surface area contributed by atoms with Gasteiger partial charge in [0.25, 0.3) is 5.91 Å². The number of aryl methyl sites for hydroxylation is 1. The molecule has 2 fully saturated rings. The fourth-order valence-corrected chi connectivity index (χ4v) is 4.16. The van der Waals surface area contributed by atoms with Gasteiger partial charge in [-0.15, -0.1) is 0 Å². The van der Waals surface area contributed by atoms with E-state index in [-0.39, 0.29) is 5.91 Å². The molecule has 1 saturated heterocycles. The van der Waals surface area contributed by atoms with Gasteiger partial charge in [0, 0.05) is 57.4 Å². The summed E-state index contributed by atoms with van der Waals surface area (Å²) in [4.78, 5) is 25.4. The van der Waals surface area contributed by atoms with E-state index in [0.29, 0.717) is 17.5 Å². The average Bonchev–Trinajstić information content (AvgIpc) is 3.18. The summed E-state index contributed by atoms with van der Waals surface area (Å²) in [5.41, 5.74) is 0.518. The van der Waals surface area contributed by atoms with Gasteiger partial charge in [-0.2, -0.15) is 4.37 Å². The van der Waals surface area contributed by atoms with Gasteiger partial charge in [-0.05, 0) is 31.6 Å². The van der Waals surface area contributed by atoms with Crippen LogP contribution in [0.2, 0.25) is 0 Å². The normalized spacial score (nSPS) is 18.6. The topological polar surface area (TPSA) is 67.2 Å². The zero-order valence-electron chi connectivity index (χ0n) is 14.8. The van der Waals surface area contributed by atoms with Crippen molar-refractivity contribution in [1.29, 1.82) is 0 Å². The van der Waals surface area contributed by atoms with Crippen LogP contribution in [-0.4, -0.2) is 56.4 Å². The van der Waals surface area contributed by atoms with Crippen molar-refractivity contribution in [3.8, 4) is 0 Å². The molecule has 1 amide bonds. The average molecular weight is 360 g/mol. The molecule has 0 spiro atoms. The van der Waals surface area contributed by atoms with Crippen molar-refractivity contribution in [2.24, 2.45) is 13.0 Å². The number of hydrogen-bond donors (Lipinski definition) is 0. The molecule has 2 aliphatic rings. The Labute approximate surface area is 151 Å². The number of carbonyl (C=O) groups is 1. The number of rotatable bonds is 5. The molecular formula is C17H24N6OS. The second kappa shape index (κ2) is 6.74. The van der Waals surface area contributed by atoms with Crippen LogP contribution >= 0.6 is 11.5 Å². The van der Waals surface area contributed by atoms with E-state index in [2.05, 4.69) is 14.3 Å². The Morgan fingerprint density at radius 1 is 1.32 bits per heavy atom. The molecule has 3 heterocycles. The third kappa shape index (κ3) is 3.68. The Morgan fingerprint density at radius 2 is 2.08 bits per heavy atom. The number of hydrogen-bond acceptors (Lipinski definition) is 6. The zero-order valence-corrected chi connectivity index (χ0v) is 15.6. The van der Waals surface area contributed by atoms with Crippen LogP contribution in [0.1, 0.15) is 47.9 Å². The van der Waals surface area contributed by atoms with Gasteiger partial charge in [0.1, 0.15) is 11.5 Å². The van der Waals surface area contributed by atoms with E-state index in [9.17, 15) is 4.79 Å². The van der Waals surface area contributed by atoms with Gasteiger partial charge in [0.2, 0.25) is 5.13 Å². The Balaban J connectivity index is 1.28. The molecule has 25 heavy (non-hydrogen) atoms. The van der Waals surface area contributed by atoms with Crippen LogP contribution in [0.5, 0.6) is 0 Å². The summed E-state index contributed by atoms with van der Waals surface area (Å²) in [6.45, 7) is 2.78. The van der Waals surface area contributed by atoms with E-state index in [1.54, 1.807) is 22.0 Å². The van der Waals surface area contributed by atoms with Crippen molar-refractivity contribution in [2.75, 3.05) is 31.6 Å². The van der Waals surface area contributed by atoms with Gasteiger partial charge >= 0.3 is 0 Å². The Bertz CT molecular complexity index is 744. The van der Waals surface area contributed by atoms with E-state index in [1.807, 2.05) is 14.1 Å². The minimum absolute atomic E-state index is 0.00114. The lowest BCUT2D eigenvalue weighted by Crippen LogP contribution is -2.39. The van der Waals surface area contributed by atoms with Crippen LogP contribution in [0.4, 0.5) is 5.13 Å². The van der Waals surface area contributed by atoms with E-state index in [1.165, 1.54) is 24.4 Å². The van der Waals surface area contributed by atoms with E-state index < -0.39 is 0 Å². The number of aromatic nitrogens is 4. The second-order valence-electron chi connectivity index (χ2n) is 7.25. The molecule has 2 aromatic heterocycles. The molecule has 0 N–H and O–H groups in total. The van der Waals surface area contributed by atoms with Crippen molar-refractivity contribution in [2.45, 2.75) is 31.6 Å². The van der Waals surface area contributed by atoms with Crippen LogP contribution in [0, 0.1) is 5.92 Å². The first-order chi connectivity index (χ1) is 12.1. The number of imidazole rings is 1. The molecule has 0 bridgehead atoms. The predicted octanol–water partition coefficient (Wildman–Crippen LogP) is 2.14. The van der Waals surface area contributed by atoms with Crippen LogP contribution < -0.4 is 4.90 Å². The molecule has 8 heteroatoms. The van der Waals surface area contributed by atoms with Crippen LogP contribution in [-0.2, 0) is 7.05 Å². The first-order valence-corrected chi connectivity index (χ1v) is 9.69. The zero-order chi connectivity index (χ0) is 17.4. The standard InChI is InChI=1S/C17H24N6OS/c1-21-10-14(18-11-21)16(24)22(2)9-12-5-7-23(8-6-12)17-19-15(20-25-17)13-3-4-13/h10-13H,3-9H2,1-2H3. The summed E-state index contributed by atoms with van der Waals surface area (Å²) in [6.07, 6.45) is 8.09. The monoisotopic (exact) mass is 360 g/mol. The Hall–Kier alpha value is -1.96. The number of piperidine rings is 1. The summed E-state index contributed by atoms with van der Waals surface area (Å²) < 4.78 is 6.31. The molecule has 2 aromatic rings. The molecule has 4 rings (SSSR count). The van der Waals surface area contributed by atoms with Crippen molar-refractivity contribution in [1.82, 2.24) is 23.8 Å². The Kier molecular flexibility index (Phi) is 4.45. The first-order valence-electron chi connectivity index (χ1n) is 8.92. The largest absolute Gasteiger partial charge is 0.347 e. The molecule has 1 aliphatic carbocycles. The highest BCUT2D eigenvalue weighted by Gasteiger charge is 2.30. The number of amides is 1. The van der Waals surface area contributed by atoms with Crippen molar-refractivity contribution in [3.05, 3.63) is 24.0 Å². The molecule has 0 aromatic carbocycles. The smallest absolute Gasteiger partial charge is 0.273 e. The van der Waals surface area contributed by atoms with E-state index in [0.717, 1.165) is 43.4 Å². The highest BCUT2D eigenvalue weighted by molar-refractivity contribution is 7.09. The lowest BCUT2D eigenvalue weighted by Gasteiger charge is -2.33. The van der Waals surface area contributed by atoms with Crippen LogP contribution in [0.15, 0.2) is 12.5 Å². The number of anilines is 1. The quantitative estimate of drug-likeness (QED) is 0.817. The van der Waals surface area contributed by atoms with Crippen LogP contribution in [0.25, 0.3) is 0 Å². The highest BCUT2D eigenvalue weighted by atomic mass is 32.1. The number of carbonyl (C=O) groups excluding carboxylic acids is 1. The summed E-state index contributed by atoms with van der Waals surface area (Å²) >= 11 is 1.53. The molecule has 134 valence electrons. The predicted molar refractivity (Wildman–Crippen MR) is 97.0 cm³/mol. The third-order valence-corrected chi connectivity index (χ3v) is 5.85. The maximum absolute atomic E-state index is 12.4. The first kappa shape index (κ1) is 16.5. The minimum Gasteiger partial charge on any atom is -0.347 e. The van der Waals surface area contributed by atoms with E-state index >= 15 is 0 Å². The summed E-state index contributed by atoms with van der Waals surface area (Å²) in [5.74, 6) is 2.20. The van der Waals surface area contributed by atoms with Crippen molar-refractivity contribution < 1.29 is 4.79 Å². The van der Waals surface area contributed by atoms with E-state index in [4.69, 9.17) is 4.98 Å². The van der Waals surface area contributed by atoms with Gasteiger partial charge in [-0.3, -0.25) is 4.79 Å². The molecule has 1 aliphatic heterocycles. The van der Waals surface area contributed by atoms with Gasteiger partial charge < -0.3 is 14.4 Å². The molecule has 1 saturated carbocycles. The summed E-state index contributed by atoms with van der Waals surface area (Å²) in [7, 11) is 3.75. The fraction of sp³-hybridized carbons (Fsp3) is 0.647. The van der Waals surface area contributed by atoms with Gasteiger partial charge in [-0.25, -0.2) is 9.97 Å². The van der Waals surface area contributed by atoms with Crippen molar-refractivity contribution >= 4 is 22.6 Å². The lowest BCUT2D eigenvalue weighted by molar-refractivity contribution is 0.0759. The molecule has 7 nitrogen and oxygen atoms in total. The molecule has 0 radical (unpaired) electrons. The van der Waals surface area contributed by atoms with Crippen molar-refractivity contribution in [3.63, 3.8) is 0 Å².